The number of hydrogen-bond acceptors (Lipinski definition) is 2. The van der Waals surface area contributed by atoms with Gasteiger partial charge in [-0.15, -0.1) is 0 Å². The zero-order chi connectivity index (χ0) is 26.3. The molecule has 3 aliphatic rings. The maximum absolute atomic E-state index is 11.7. The van der Waals surface area contributed by atoms with E-state index in [9.17, 15) is 4.91 Å². The van der Waals surface area contributed by atoms with Crippen LogP contribution in [0.2, 0.25) is 0 Å². The second kappa shape index (κ2) is 17.1. The van der Waals surface area contributed by atoms with Crippen molar-refractivity contribution in [3.63, 3.8) is 0 Å². The van der Waals surface area contributed by atoms with Crippen LogP contribution in [0.4, 0.5) is 0 Å². The molecule has 8 heteroatoms. The van der Waals surface area contributed by atoms with E-state index in [0.29, 0.717) is 56.8 Å². The molecule has 2 fully saturated rings. The fourth-order valence-corrected chi connectivity index (χ4v) is 47.7. The number of rotatable bonds is 9. The number of fused-ring (bicyclic) bond motifs is 6. The zero-order valence-corrected chi connectivity index (χ0v) is 35.7. The molecule has 7 unspecified atom stereocenters. The van der Waals surface area contributed by atoms with Crippen LogP contribution in [0.5, 0.6) is 0 Å². The summed E-state index contributed by atoms with van der Waals surface area (Å²) >= 11 is 6.06. The molecule has 2 nitrogen and oxygen atoms in total. The Hall–Kier alpha value is 3.72. The van der Waals surface area contributed by atoms with E-state index in [0.717, 1.165) is 33.5 Å². The van der Waals surface area contributed by atoms with Crippen molar-refractivity contribution in [2.75, 3.05) is 24.8 Å². The minimum atomic E-state index is -0.658. The molecule has 3 rings (SSSR count). The van der Waals surface area contributed by atoms with Crippen molar-refractivity contribution >= 4 is 53.1 Å². The van der Waals surface area contributed by atoms with Gasteiger partial charge in [0.25, 0.3) is 0 Å². The quantitative estimate of drug-likeness (QED) is 0.141. The van der Waals surface area contributed by atoms with Crippen LogP contribution in [-0.2, 0) is 0 Å². The third-order valence-electron chi connectivity index (χ3n) is 9.71. The Balaban J connectivity index is 1.81. The van der Waals surface area contributed by atoms with Gasteiger partial charge in [-0.3, -0.25) is 0 Å². The molecule has 0 spiro atoms. The van der Waals surface area contributed by atoms with Crippen LogP contribution < -0.4 is 59.6 Å². The van der Waals surface area contributed by atoms with E-state index in [1.165, 1.54) is 44.9 Å². The average Bonchev–Trinajstić information content (AvgIpc) is 3.23. The number of alkyl halides is 7. The summed E-state index contributed by atoms with van der Waals surface area (Å²) in [4.78, 5) is 14.3. The second-order valence-corrected chi connectivity index (χ2v) is 39.3. The Morgan fingerprint density at radius 1 is 1.19 bits per heavy atom. The first-order valence-corrected chi connectivity index (χ1v) is 36.8. The maximum atomic E-state index is 11.7. The minimum absolute atomic E-state index is 0.0813. The summed E-state index contributed by atoms with van der Waals surface area (Å²) in [6.07, 6.45) is 15.0. The molecular weight excluding hydrogens is 1130 g/mol. The number of halogens is 6. The van der Waals surface area contributed by atoms with Gasteiger partial charge in [0.15, 0.2) is 0 Å². The van der Waals surface area contributed by atoms with Crippen molar-refractivity contribution in [1.29, 1.82) is 0 Å². The molecular formula is C28H48I6NO-3. The van der Waals surface area contributed by atoms with Crippen molar-refractivity contribution in [2.24, 2.45) is 52.0 Å². The standard InChI is InChI=1S/C28H48I6NO/c1-19-8-10-28(4,18-35-36)25-15-22-14-24(9-12-32-27(17-33-29)34(5)30)26(16-22)31-11-6-7-23(19)13-20(2)21(25)3/h6-7,19-27H,8-18H2,1-5H3/q-3/b7-6-/t19?,20?,21?,22?,23?,24-,25?,26-,27-,28?/m0/s1. The molecule has 0 amide bonds. The van der Waals surface area contributed by atoms with Crippen LogP contribution in [0.25, 0.3) is 0 Å². The normalized spacial score (nSPS) is 42.2. The van der Waals surface area contributed by atoms with Gasteiger partial charge >= 0.3 is 285 Å². The van der Waals surface area contributed by atoms with Crippen LogP contribution >= 0.6 is 53.1 Å². The van der Waals surface area contributed by atoms with Gasteiger partial charge < -0.3 is 0 Å². The van der Waals surface area contributed by atoms with E-state index < -0.39 is 15.8 Å². The number of nitroso groups, excluding NO2 is 1. The number of allylic oxidation sites excluding steroid dienone is 2. The van der Waals surface area contributed by atoms with Crippen molar-refractivity contribution in [2.45, 2.75) is 78.5 Å². The third kappa shape index (κ3) is 9.89. The van der Waals surface area contributed by atoms with Crippen molar-refractivity contribution < 1.29 is 59.6 Å². The van der Waals surface area contributed by atoms with E-state index in [-0.39, 0.29) is 26.6 Å². The van der Waals surface area contributed by atoms with Gasteiger partial charge in [-0.05, 0) is 0 Å². The molecule has 0 N–H and O–H groups in total. The van der Waals surface area contributed by atoms with E-state index >= 15 is 0 Å². The molecule has 2 aliphatic carbocycles. The Morgan fingerprint density at radius 2 is 1.97 bits per heavy atom. The Kier molecular flexibility index (Phi) is 16.3. The molecule has 0 radical (unpaired) electrons. The van der Waals surface area contributed by atoms with Crippen LogP contribution in [-0.4, -0.2) is 30.6 Å². The Morgan fingerprint density at radius 3 is 2.67 bits per heavy atom. The first-order valence-electron chi connectivity index (χ1n) is 13.7. The molecule has 2 saturated carbocycles. The van der Waals surface area contributed by atoms with E-state index in [1.54, 1.807) is 15.3 Å². The summed E-state index contributed by atoms with van der Waals surface area (Å²) in [5, 5.41) is 3.58. The SMILES string of the molecule is CC1CCC(C)(CN=O)C2CC3C[C@H](CC[I-][C@H](C[I-]I)I(C)I)[C@H](C3)[I-]C/C=C\C1CC(C)C2C. The Labute approximate surface area is 280 Å². The van der Waals surface area contributed by atoms with Crippen molar-refractivity contribution in [3.05, 3.63) is 17.1 Å². The van der Waals surface area contributed by atoms with Gasteiger partial charge in [0.2, 0.25) is 0 Å². The number of hydrogen-bond donors (Lipinski definition) is 0. The molecule has 10 atom stereocenters. The molecule has 36 heavy (non-hydrogen) atoms. The van der Waals surface area contributed by atoms with Gasteiger partial charge in [-0.2, -0.15) is 0 Å². The molecule has 0 aromatic rings. The van der Waals surface area contributed by atoms with E-state index in [2.05, 4.69) is 87.2 Å². The van der Waals surface area contributed by atoms with E-state index in [1.807, 2.05) is 0 Å². The predicted octanol–water partition coefficient (Wildman–Crippen LogP) is 0.258. The fourth-order valence-electron chi connectivity index (χ4n) is 7.16. The fraction of sp³-hybridized carbons (Fsp3) is 0.929. The van der Waals surface area contributed by atoms with Crippen LogP contribution in [0.3, 0.4) is 0 Å². The summed E-state index contributed by atoms with van der Waals surface area (Å²) in [6, 6.07) is 0. The van der Waals surface area contributed by atoms with Crippen molar-refractivity contribution in [3.8, 4) is 0 Å². The number of nitrogens with zero attached hydrogens (tertiary/aromatic N) is 1. The van der Waals surface area contributed by atoms with Gasteiger partial charge in [0, 0.05) is 0 Å². The van der Waals surface area contributed by atoms with Crippen molar-refractivity contribution in [1.82, 2.24) is 0 Å². The summed E-state index contributed by atoms with van der Waals surface area (Å²) in [5.74, 6) is 5.42. The van der Waals surface area contributed by atoms with Gasteiger partial charge in [0.1, 0.15) is 0 Å². The summed E-state index contributed by atoms with van der Waals surface area (Å²) in [5.41, 5.74) is 0.0813. The van der Waals surface area contributed by atoms with Gasteiger partial charge in [-0.1, -0.05) is 0 Å². The van der Waals surface area contributed by atoms with Crippen LogP contribution in [0.15, 0.2) is 17.3 Å². The molecule has 216 valence electrons. The molecule has 0 saturated heterocycles. The molecule has 0 aromatic heterocycles. The van der Waals surface area contributed by atoms with Crippen LogP contribution in [0, 0.1) is 51.7 Å². The summed E-state index contributed by atoms with van der Waals surface area (Å²) in [7, 11) is 0. The zero-order valence-electron chi connectivity index (χ0n) is 22.8. The molecule has 4 bridgehead atoms. The molecule has 1 heterocycles. The first-order chi connectivity index (χ1) is 17.2. The molecule has 1 aliphatic heterocycles. The molecule has 0 aromatic carbocycles. The summed E-state index contributed by atoms with van der Waals surface area (Å²) < 4.78 is 6.90. The Bertz CT molecular complexity index is 708. The predicted molar refractivity (Wildman–Crippen MR) is 172 cm³/mol. The van der Waals surface area contributed by atoms with Gasteiger partial charge in [0.05, 0.1) is 0 Å². The first kappa shape index (κ1) is 34.2. The van der Waals surface area contributed by atoms with E-state index in [4.69, 9.17) is 0 Å². The van der Waals surface area contributed by atoms with Gasteiger partial charge in [-0.25, -0.2) is 0 Å². The summed E-state index contributed by atoms with van der Waals surface area (Å²) in [6.45, 7) is 10.5. The monoisotopic (exact) mass is 1180 g/mol. The third-order valence-corrected chi connectivity index (χ3v) is 42.0. The second-order valence-electron chi connectivity index (χ2n) is 12.1. The van der Waals surface area contributed by atoms with Crippen LogP contribution in [0.1, 0.15) is 72.6 Å². The average molecular weight is 1180 g/mol. The topological polar surface area (TPSA) is 29.4 Å².